The molecular formula is C31H38N2O5. The number of nitrogens with zero attached hydrogens (tertiary/aromatic N) is 1. The van der Waals surface area contributed by atoms with Crippen molar-refractivity contribution in [1.29, 1.82) is 0 Å². The predicted molar refractivity (Wildman–Crippen MR) is 149 cm³/mol. The number of aliphatic carboxylic acids is 1. The Morgan fingerprint density at radius 2 is 1.58 bits per heavy atom. The van der Waals surface area contributed by atoms with Gasteiger partial charge in [0, 0.05) is 19.5 Å². The molecule has 2 atom stereocenters. The van der Waals surface area contributed by atoms with Gasteiger partial charge in [0.2, 0.25) is 0 Å². The fraction of sp³-hybridized carbons (Fsp3) is 0.387. The Bertz CT molecular complexity index is 1210. The molecule has 1 unspecified atom stereocenters. The first kappa shape index (κ1) is 28.7. The Balaban J connectivity index is 1.74. The van der Waals surface area contributed by atoms with Crippen LogP contribution in [0, 0.1) is 11.8 Å². The second-order valence-corrected chi connectivity index (χ2v) is 10.00. The van der Waals surface area contributed by atoms with Gasteiger partial charge in [0.15, 0.2) is 0 Å². The van der Waals surface area contributed by atoms with E-state index in [2.05, 4.69) is 5.32 Å². The number of carboxylic acids is 1. The number of carbonyl (C=O) groups excluding carboxylic acids is 2. The van der Waals surface area contributed by atoms with Gasteiger partial charge in [0.1, 0.15) is 6.04 Å². The van der Waals surface area contributed by atoms with Crippen LogP contribution in [0.1, 0.15) is 38.3 Å². The molecule has 0 aliphatic rings. The SMILES string of the molecule is CCOC(=O)C(CCc1ccccc1)CN(CC(C)C)C(=O)N[C@@H](Cc1ccc2ccccc2c1)C(=O)O. The van der Waals surface area contributed by atoms with E-state index in [0.717, 1.165) is 21.9 Å². The molecule has 38 heavy (non-hydrogen) atoms. The molecule has 7 nitrogen and oxygen atoms in total. The van der Waals surface area contributed by atoms with E-state index in [-0.39, 0.29) is 31.5 Å². The molecule has 0 fully saturated rings. The highest BCUT2D eigenvalue weighted by molar-refractivity contribution is 5.85. The smallest absolute Gasteiger partial charge is 0.326 e. The van der Waals surface area contributed by atoms with Gasteiger partial charge in [-0.25, -0.2) is 9.59 Å². The third kappa shape index (κ3) is 8.61. The number of rotatable bonds is 13. The summed E-state index contributed by atoms with van der Waals surface area (Å²) in [4.78, 5) is 39.9. The largest absolute Gasteiger partial charge is 0.480 e. The average Bonchev–Trinajstić information content (AvgIpc) is 2.90. The van der Waals surface area contributed by atoms with Crippen LogP contribution in [0.4, 0.5) is 4.79 Å². The maximum Gasteiger partial charge on any atom is 0.326 e. The molecule has 0 radical (unpaired) electrons. The molecular weight excluding hydrogens is 480 g/mol. The molecule has 0 heterocycles. The lowest BCUT2D eigenvalue weighted by atomic mass is 9.98. The highest BCUT2D eigenvalue weighted by Gasteiger charge is 2.29. The Hall–Kier alpha value is -3.87. The lowest BCUT2D eigenvalue weighted by molar-refractivity contribution is -0.148. The van der Waals surface area contributed by atoms with E-state index in [9.17, 15) is 19.5 Å². The van der Waals surface area contributed by atoms with E-state index in [4.69, 9.17) is 4.74 Å². The molecule has 202 valence electrons. The lowest BCUT2D eigenvalue weighted by Crippen LogP contribution is -2.51. The Morgan fingerprint density at radius 3 is 2.24 bits per heavy atom. The van der Waals surface area contributed by atoms with E-state index < -0.39 is 24.0 Å². The van der Waals surface area contributed by atoms with Crippen LogP contribution in [-0.2, 0) is 27.2 Å². The molecule has 2 amide bonds. The van der Waals surface area contributed by atoms with Crippen molar-refractivity contribution in [3.63, 3.8) is 0 Å². The van der Waals surface area contributed by atoms with Crippen molar-refractivity contribution in [3.05, 3.63) is 83.9 Å². The first-order chi connectivity index (χ1) is 18.3. The average molecular weight is 519 g/mol. The highest BCUT2D eigenvalue weighted by atomic mass is 16.5. The summed E-state index contributed by atoms with van der Waals surface area (Å²) < 4.78 is 5.32. The number of urea groups is 1. The van der Waals surface area contributed by atoms with Crippen molar-refractivity contribution < 1.29 is 24.2 Å². The van der Waals surface area contributed by atoms with E-state index >= 15 is 0 Å². The quantitative estimate of drug-likeness (QED) is 0.299. The summed E-state index contributed by atoms with van der Waals surface area (Å²) in [7, 11) is 0. The molecule has 0 aliphatic carbocycles. The van der Waals surface area contributed by atoms with Crippen LogP contribution in [0.3, 0.4) is 0 Å². The molecule has 3 rings (SSSR count). The summed E-state index contributed by atoms with van der Waals surface area (Å²) in [5, 5.41) is 14.7. The Labute approximate surface area is 224 Å². The van der Waals surface area contributed by atoms with Crippen LogP contribution in [-0.4, -0.2) is 53.7 Å². The molecule has 0 aliphatic heterocycles. The van der Waals surface area contributed by atoms with Crippen molar-refractivity contribution in [2.24, 2.45) is 11.8 Å². The number of aryl methyl sites for hydroxylation is 1. The first-order valence-corrected chi connectivity index (χ1v) is 13.2. The number of hydrogen-bond donors (Lipinski definition) is 2. The zero-order chi connectivity index (χ0) is 27.5. The van der Waals surface area contributed by atoms with Crippen LogP contribution < -0.4 is 5.32 Å². The minimum Gasteiger partial charge on any atom is -0.480 e. The summed E-state index contributed by atoms with van der Waals surface area (Å²) in [6.07, 6.45) is 1.34. The first-order valence-electron chi connectivity index (χ1n) is 13.2. The van der Waals surface area contributed by atoms with E-state index in [1.165, 1.54) is 0 Å². The summed E-state index contributed by atoms with van der Waals surface area (Å²) in [5.41, 5.74) is 1.92. The molecule has 2 N–H and O–H groups in total. The zero-order valence-electron chi connectivity index (χ0n) is 22.4. The van der Waals surface area contributed by atoms with Crippen LogP contribution >= 0.6 is 0 Å². The molecule has 0 saturated carbocycles. The van der Waals surface area contributed by atoms with Gasteiger partial charge >= 0.3 is 18.0 Å². The van der Waals surface area contributed by atoms with E-state index in [1.807, 2.05) is 86.6 Å². The number of carboxylic acid groups (broad SMARTS) is 1. The van der Waals surface area contributed by atoms with Crippen molar-refractivity contribution >= 4 is 28.7 Å². The summed E-state index contributed by atoms with van der Waals surface area (Å²) in [6, 6.07) is 21.9. The van der Waals surface area contributed by atoms with Crippen LogP contribution in [0.2, 0.25) is 0 Å². The van der Waals surface area contributed by atoms with Gasteiger partial charge in [-0.05, 0) is 47.6 Å². The summed E-state index contributed by atoms with van der Waals surface area (Å²) in [6.45, 7) is 6.51. The molecule has 0 spiro atoms. The third-order valence-electron chi connectivity index (χ3n) is 6.41. The molecule has 3 aromatic rings. The molecule has 0 saturated heterocycles. The standard InChI is InChI=1S/C31H38N2O5/c1-4-38-30(36)27(17-14-23-10-6-5-7-11-23)21-33(20-22(2)3)31(37)32-28(29(34)35)19-24-15-16-25-12-8-9-13-26(25)18-24/h5-13,15-16,18,22,27-28H,4,14,17,19-21H2,1-3H3,(H,32,37)(H,34,35)/t27?,28-/m0/s1. The number of esters is 1. The van der Waals surface area contributed by atoms with Crippen LogP contribution in [0.15, 0.2) is 72.8 Å². The van der Waals surface area contributed by atoms with Gasteiger partial charge < -0.3 is 20.1 Å². The molecule has 0 bridgehead atoms. The monoisotopic (exact) mass is 518 g/mol. The number of carbonyl (C=O) groups is 3. The number of hydrogen-bond acceptors (Lipinski definition) is 4. The van der Waals surface area contributed by atoms with Gasteiger partial charge in [-0.3, -0.25) is 4.79 Å². The minimum atomic E-state index is -1.11. The van der Waals surface area contributed by atoms with Gasteiger partial charge in [-0.15, -0.1) is 0 Å². The Morgan fingerprint density at radius 1 is 0.895 bits per heavy atom. The third-order valence-corrected chi connectivity index (χ3v) is 6.41. The van der Waals surface area contributed by atoms with Crippen molar-refractivity contribution in [1.82, 2.24) is 10.2 Å². The number of ether oxygens (including phenoxy) is 1. The van der Waals surface area contributed by atoms with Crippen molar-refractivity contribution in [2.45, 2.75) is 46.1 Å². The topological polar surface area (TPSA) is 95.9 Å². The number of amides is 2. The minimum absolute atomic E-state index is 0.126. The molecule has 0 aromatic heterocycles. The predicted octanol–water partition coefficient (Wildman–Crippen LogP) is 5.32. The normalized spacial score (nSPS) is 12.6. The summed E-state index contributed by atoms with van der Waals surface area (Å²) in [5.74, 6) is -1.86. The van der Waals surface area contributed by atoms with Crippen LogP contribution in [0.5, 0.6) is 0 Å². The van der Waals surface area contributed by atoms with Gasteiger partial charge in [0.25, 0.3) is 0 Å². The van der Waals surface area contributed by atoms with E-state index in [1.54, 1.807) is 11.8 Å². The number of benzene rings is 3. The van der Waals surface area contributed by atoms with Crippen LogP contribution in [0.25, 0.3) is 10.8 Å². The second-order valence-electron chi connectivity index (χ2n) is 10.00. The number of fused-ring (bicyclic) bond motifs is 1. The molecule has 3 aromatic carbocycles. The number of nitrogens with one attached hydrogen (secondary N) is 1. The fourth-order valence-corrected chi connectivity index (χ4v) is 4.52. The Kier molecular flexibility index (Phi) is 10.7. The highest BCUT2D eigenvalue weighted by Crippen LogP contribution is 2.18. The molecule has 7 heteroatoms. The second kappa shape index (κ2) is 14.2. The zero-order valence-corrected chi connectivity index (χ0v) is 22.4. The summed E-state index contributed by atoms with van der Waals surface area (Å²) >= 11 is 0. The lowest BCUT2D eigenvalue weighted by Gasteiger charge is -2.29. The van der Waals surface area contributed by atoms with Gasteiger partial charge in [-0.1, -0.05) is 86.6 Å². The van der Waals surface area contributed by atoms with Crippen molar-refractivity contribution in [3.8, 4) is 0 Å². The fourth-order valence-electron chi connectivity index (χ4n) is 4.52. The van der Waals surface area contributed by atoms with Gasteiger partial charge in [-0.2, -0.15) is 0 Å². The maximum atomic E-state index is 13.4. The van der Waals surface area contributed by atoms with E-state index in [0.29, 0.717) is 19.4 Å². The van der Waals surface area contributed by atoms with Crippen molar-refractivity contribution in [2.75, 3.05) is 19.7 Å². The van der Waals surface area contributed by atoms with Gasteiger partial charge in [0.05, 0.1) is 12.5 Å². The maximum absolute atomic E-state index is 13.4.